The third-order valence-electron chi connectivity index (χ3n) is 4.65. The van der Waals surface area contributed by atoms with E-state index in [1.54, 1.807) is 0 Å². The largest absolute Gasteiger partial charge is 0.481 e. The Morgan fingerprint density at radius 1 is 1.42 bits per heavy atom. The second kappa shape index (κ2) is 4.62. The molecule has 2 aliphatic rings. The smallest absolute Gasteiger partial charge is 0.305 e. The van der Waals surface area contributed by atoms with Crippen LogP contribution >= 0.6 is 0 Å². The van der Waals surface area contributed by atoms with Crippen LogP contribution in [0.15, 0.2) is 0 Å². The molecular weight excluding hydrogens is 246 g/mol. The van der Waals surface area contributed by atoms with Crippen molar-refractivity contribution in [3.63, 3.8) is 0 Å². The summed E-state index contributed by atoms with van der Waals surface area (Å²) in [4.78, 5) is 36.9. The zero-order chi connectivity index (χ0) is 14.4. The van der Waals surface area contributed by atoms with Gasteiger partial charge in [0.2, 0.25) is 11.8 Å². The summed E-state index contributed by atoms with van der Waals surface area (Å²) in [7, 11) is 0. The molecular formula is C14H21NO4. The van der Waals surface area contributed by atoms with Crippen LogP contribution in [0.2, 0.25) is 0 Å². The average Bonchev–Trinajstić information content (AvgIpc) is 3.07. The van der Waals surface area contributed by atoms with Gasteiger partial charge in [-0.1, -0.05) is 13.8 Å². The maximum absolute atomic E-state index is 12.5. The van der Waals surface area contributed by atoms with Crippen LogP contribution in [0.4, 0.5) is 0 Å². The van der Waals surface area contributed by atoms with Crippen molar-refractivity contribution in [1.82, 2.24) is 4.90 Å². The van der Waals surface area contributed by atoms with Gasteiger partial charge in [-0.25, -0.2) is 0 Å². The van der Waals surface area contributed by atoms with Crippen LogP contribution in [0.25, 0.3) is 0 Å². The van der Waals surface area contributed by atoms with Gasteiger partial charge in [0.05, 0.1) is 17.9 Å². The van der Waals surface area contributed by atoms with Crippen LogP contribution in [0.5, 0.6) is 0 Å². The van der Waals surface area contributed by atoms with E-state index in [1.807, 2.05) is 20.8 Å². The van der Waals surface area contributed by atoms with Crippen molar-refractivity contribution >= 4 is 17.8 Å². The number of hydrogen-bond donors (Lipinski definition) is 1. The Morgan fingerprint density at radius 2 is 2.00 bits per heavy atom. The molecule has 0 aromatic carbocycles. The number of carboxylic acids is 1. The summed E-state index contributed by atoms with van der Waals surface area (Å²) in [5, 5.41) is 8.98. The summed E-state index contributed by atoms with van der Waals surface area (Å²) < 4.78 is 0. The Labute approximate surface area is 113 Å². The maximum atomic E-state index is 12.5. The summed E-state index contributed by atoms with van der Waals surface area (Å²) >= 11 is 0. The summed E-state index contributed by atoms with van der Waals surface area (Å²) in [6.45, 7) is 5.67. The van der Waals surface area contributed by atoms with Gasteiger partial charge in [-0.05, 0) is 31.6 Å². The average molecular weight is 267 g/mol. The number of hydrogen-bond acceptors (Lipinski definition) is 3. The van der Waals surface area contributed by atoms with Gasteiger partial charge in [0, 0.05) is 6.42 Å². The summed E-state index contributed by atoms with van der Waals surface area (Å²) in [6.07, 6.45) is 1.89. The molecule has 2 rings (SSSR count). The minimum atomic E-state index is -0.948. The SMILES string of the molecule is CC(C)C1(C)CC(=O)N(C(CC(=O)O)C2CC2)C1=O. The minimum absolute atomic E-state index is 0.0682. The van der Waals surface area contributed by atoms with Crippen LogP contribution in [0, 0.1) is 17.3 Å². The first-order valence-electron chi connectivity index (χ1n) is 6.85. The zero-order valence-corrected chi connectivity index (χ0v) is 11.7. The lowest BCUT2D eigenvalue weighted by atomic mass is 9.78. The van der Waals surface area contributed by atoms with Gasteiger partial charge in [-0.2, -0.15) is 0 Å². The zero-order valence-electron chi connectivity index (χ0n) is 11.7. The summed E-state index contributed by atoms with van der Waals surface area (Å²) in [5.41, 5.74) is -0.678. The van der Waals surface area contributed by atoms with Crippen LogP contribution < -0.4 is 0 Å². The lowest BCUT2D eigenvalue weighted by molar-refractivity contribution is -0.147. The second-order valence-electron chi connectivity index (χ2n) is 6.32. The van der Waals surface area contributed by atoms with E-state index in [-0.39, 0.29) is 36.5 Å². The highest BCUT2D eigenvalue weighted by molar-refractivity contribution is 6.06. The number of carbonyl (C=O) groups excluding carboxylic acids is 2. The molecule has 1 heterocycles. The highest BCUT2D eigenvalue weighted by Crippen LogP contribution is 2.45. The van der Waals surface area contributed by atoms with E-state index < -0.39 is 17.4 Å². The fourth-order valence-corrected chi connectivity index (χ4v) is 2.78. The van der Waals surface area contributed by atoms with Crippen molar-refractivity contribution in [3.8, 4) is 0 Å². The van der Waals surface area contributed by atoms with Gasteiger partial charge in [0.25, 0.3) is 0 Å². The van der Waals surface area contributed by atoms with Gasteiger partial charge in [0.1, 0.15) is 0 Å². The molecule has 0 spiro atoms. The molecule has 0 bridgehead atoms. The molecule has 0 aromatic rings. The number of likely N-dealkylation sites (tertiary alicyclic amines) is 1. The lowest BCUT2D eigenvalue weighted by Gasteiger charge is -2.29. The standard InChI is InChI=1S/C14H21NO4/c1-8(2)14(3)7-11(16)15(13(14)19)10(6-12(17)18)9-4-5-9/h8-10H,4-7H2,1-3H3,(H,17,18). The second-order valence-corrected chi connectivity index (χ2v) is 6.32. The first-order valence-corrected chi connectivity index (χ1v) is 6.85. The number of imide groups is 1. The van der Waals surface area contributed by atoms with Crippen molar-refractivity contribution in [2.45, 2.75) is 52.5 Å². The topological polar surface area (TPSA) is 74.7 Å². The first-order chi connectivity index (χ1) is 8.77. The third kappa shape index (κ3) is 2.38. The predicted octanol–water partition coefficient (Wildman–Crippen LogP) is 1.66. The molecule has 0 radical (unpaired) electrons. The number of aliphatic carboxylic acids is 1. The van der Waals surface area contributed by atoms with E-state index >= 15 is 0 Å². The molecule has 2 unspecified atom stereocenters. The molecule has 1 aliphatic heterocycles. The fourth-order valence-electron chi connectivity index (χ4n) is 2.78. The minimum Gasteiger partial charge on any atom is -0.481 e. The molecule has 1 aliphatic carbocycles. The lowest BCUT2D eigenvalue weighted by Crippen LogP contribution is -2.45. The number of rotatable bonds is 5. The van der Waals surface area contributed by atoms with Crippen LogP contribution in [0.1, 0.15) is 46.5 Å². The molecule has 1 saturated heterocycles. The van der Waals surface area contributed by atoms with Gasteiger partial charge in [-0.3, -0.25) is 19.3 Å². The Bertz CT molecular complexity index is 427. The van der Waals surface area contributed by atoms with E-state index in [4.69, 9.17) is 5.11 Å². The van der Waals surface area contributed by atoms with Crippen LogP contribution in [-0.2, 0) is 14.4 Å². The van der Waals surface area contributed by atoms with Crippen LogP contribution in [-0.4, -0.2) is 33.8 Å². The molecule has 19 heavy (non-hydrogen) atoms. The molecule has 1 saturated carbocycles. The van der Waals surface area contributed by atoms with E-state index in [0.717, 1.165) is 12.8 Å². The van der Waals surface area contributed by atoms with Gasteiger partial charge >= 0.3 is 5.97 Å². The van der Waals surface area contributed by atoms with E-state index in [1.165, 1.54) is 4.90 Å². The first kappa shape index (κ1) is 14.0. The summed E-state index contributed by atoms with van der Waals surface area (Å²) in [6, 6.07) is -0.446. The molecule has 5 heteroatoms. The predicted molar refractivity (Wildman–Crippen MR) is 68.2 cm³/mol. The third-order valence-corrected chi connectivity index (χ3v) is 4.65. The summed E-state index contributed by atoms with van der Waals surface area (Å²) in [5.74, 6) is -1.10. The van der Waals surface area contributed by atoms with Crippen molar-refractivity contribution in [2.24, 2.45) is 17.3 Å². The molecule has 0 aromatic heterocycles. The van der Waals surface area contributed by atoms with E-state index in [9.17, 15) is 14.4 Å². The number of carboxylic acid groups (broad SMARTS) is 1. The monoisotopic (exact) mass is 267 g/mol. The highest BCUT2D eigenvalue weighted by atomic mass is 16.4. The molecule has 2 fully saturated rings. The molecule has 2 atom stereocenters. The van der Waals surface area contributed by atoms with Crippen molar-refractivity contribution in [1.29, 1.82) is 0 Å². The van der Waals surface area contributed by atoms with Crippen molar-refractivity contribution in [3.05, 3.63) is 0 Å². The molecule has 2 amide bonds. The molecule has 1 N–H and O–H groups in total. The number of carbonyl (C=O) groups is 3. The quantitative estimate of drug-likeness (QED) is 0.769. The van der Waals surface area contributed by atoms with Gasteiger partial charge in [-0.15, -0.1) is 0 Å². The van der Waals surface area contributed by atoms with Crippen molar-refractivity contribution < 1.29 is 19.5 Å². The van der Waals surface area contributed by atoms with Crippen LogP contribution in [0.3, 0.4) is 0 Å². The highest BCUT2D eigenvalue weighted by Gasteiger charge is 2.54. The Morgan fingerprint density at radius 3 is 2.37 bits per heavy atom. The fraction of sp³-hybridized carbons (Fsp3) is 0.786. The number of amides is 2. The van der Waals surface area contributed by atoms with Gasteiger partial charge < -0.3 is 5.11 Å². The van der Waals surface area contributed by atoms with Gasteiger partial charge in [0.15, 0.2) is 0 Å². The van der Waals surface area contributed by atoms with E-state index in [0.29, 0.717) is 0 Å². The Balaban J connectivity index is 2.25. The molecule has 5 nitrogen and oxygen atoms in total. The maximum Gasteiger partial charge on any atom is 0.305 e. The molecule has 106 valence electrons. The Hall–Kier alpha value is -1.39. The number of nitrogens with zero attached hydrogens (tertiary/aromatic N) is 1. The van der Waals surface area contributed by atoms with Crippen molar-refractivity contribution in [2.75, 3.05) is 0 Å². The Kier molecular flexibility index (Phi) is 3.41. The van der Waals surface area contributed by atoms with E-state index in [2.05, 4.69) is 0 Å². The normalized spacial score (nSPS) is 29.2.